The highest BCUT2D eigenvalue weighted by Gasteiger charge is 2.49. The van der Waals surface area contributed by atoms with Crippen LogP contribution in [0.15, 0.2) is 48.5 Å². The molecule has 0 saturated carbocycles. The lowest BCUT2D eigenvalue weighted by Gasteiger charge is -2.37. The van der Waals surface area contributed by atoms with Crippen LogP contribution in [0.1, 0.15) is 320 Å². The highest BCUT2D eigenvalue weighted by atomic mass is 16.2. The van der Waals surface area contributed by atoms with E-state index in [0.717, 1.165) is 109 Å². The third-order valence-electron chi connectivity index (χ3n) is 20.6. The maximum absolute atomic E-state index is 16.2. The molecule has 18 nitrogen and oxygen atoms in total. The summed E-state index contributed by atoms with van der Waals surface area (Å²) in [6, 6.07) is 12.0. The minimum absolute atomic E-state index is 0.00105. The zero-order valence-corrected chi connectivity index (χ0v) is 56.4. The summed E-state index contributed by atoms with van der Waals surface area (Å²) in [4.78, 5) is 193. The number of benzene rings is 6. The molecule has 0 spiro atoms. The number of unbranched alkanes of at least 4 members (excludes halogenated alkanes) is 18. The molecule has 0 aromatic heterocycles. The zero-order chi connectivity index (χ0) is 68.0. The Morgan fingerprint density at radius 1 is 0.188 bits per heavy atom. The van der Waals surface area contributed by atoms with Crippen LogP contribution in [0.3, 0.4) is 0 Å². The molecular weight excluding hydrogens is 1210 g/mol. The number of carbonyl (C=O) groups excluding carboxylic acids is 12. The average Bonchev–Trinajstić information content (AvgIpc) is 0.686. The third kappa shape index (κ3) is 11.0. The molecule has 0 aliphatic carbocycles. The van der Waals surface area contributed by atoms with Crippen molar-refractivity contribution in [1.29, 1.82) is 0 Å². The summed E-state index contributed by atoms with van der Waals surface area (Å²) >= 11 is 0. The van der Waals surface area contributed by atoms with E-state index < -0.39 is 70.9 Å². The van der Waals surface area contributed by atoms with E-state index in [1.165, 1.54) is 58.3 Å². The summed E-state index contributed by atoms with van der Waals surface area (Å²) in [7, 11) is 0. The molecular formula is C78H86N6O12. The number of imide groups is 6. The largest absolute Gasteiger partial charge is 0.274 e. The second kappa shape index (κ2) is 28.0. The van der Waals surface area contributed by atoms with Crippen molar-refractivity contribution < 1.29 is 57.5 Å². The minimum Gasteiger partial charge on any atom is -0.274 e. The highest BCUT2D eigenvalue weighted by molar-refractivity contribution is 6.41. The molecule has 18 heteroatoms. The monoisotopic (exact) mass is 1300 g/mol. The van der Waals surface area contributed by atoms with Crippen molar-refractivity contribution in [2.75, 3.05) is 39.3 Å². The maximum atomic E-state index is 16.2. The van der Waals surface area contributed by atoms with E-state index in [1.54, 1.807) is 0 Å². The molecule has 0 saturated heterocycles. The molecule has 500 valence electrons. The summed E-state index contributed by atoms with van der Waals surface area (Å²) in [5.74, 6) is -8.42. The van der Waals surface area contributed by atoms with Crippen LogP contribution in [0.4, 0.5) is 0 Å². The van der Waals surface area contributed by atoms with Crippen LogP contribution in [-0.4, -0.2) is 140 Å². The Hall–Kier alpha value is -9.06. The van der Waals surface area contributed by atoms with Gasteiger partial charge in [-0.05, 0) is 109 Å². The topological polar surface area (TPSA) is 224 Å². The summed E-state index contributed by atoms with van der Waals surface area (Å²) in [5, 5.41) is 0.162. The smallest absolute Gasteiger partial charge is 0.262 e. The van der Waals surface area contributed by atoms with Gasteiger partial charge in [-0.3, -0.25) is 86.9 Å². The number of hydrogen-bond acceptors (Lipinski definition) is 12. The molecule has 96 heavy (non-hydrogen) atoms. The highest BCUT2D eigenvalue weighted by Crippen LogP contribution is 2.52. The van der Waals surface area contributed by atoms with Crippen molar-refractivity contribution in [3.8, 4) is 22.3 Å². The second-order valence-electron chi connectivity index (χ2n) is 26.9. The van der Waals surface area contributed by atoms with Gasteiger partial charge in [-0.1, -0.05) is 157 Å². The molecule has 6 aliphatic rings. The van der Waals surface area contributed by atoms with E-state index in [-0.39, 0.29) is 161 Å². The van der Waals surface area contributed by atoms with Crippen LogP contribution < -0.4 is 0 Å². The number of nitrogens with zero attached hydrogens (tertiary/aromatic N) is 6. The van der Waals surface area contributed by atoms with Gasteiger partial charge in [-0.25, -0.2) is 0 Å². The molecule has 0 N–H and O–H groups in total. The van der Waals surface area contributed by atoms with E-state index in [9.17, 15) is 19.2 Å². The van der Waals surface area contributed by atoms with Crippen LogP contribution in [0.5, 0.6) is 0 Å². The van der Waals surface area contributed by atoms with Crippen LogP contribution >= 0.6 is 0 Å². The first-order valence-corrected chi connectivity index (χ1v) is 35.7. The van der Waals surface area contributed by atoms with Gasteiger partial charge in [0, 0.05) is 116 Å². The molecule has 0 bridgehead atoms. The van der Waals surface area contributed by atoms with Crippen LogP contribution in [-0.2, 0) is 0 Å². The maximum Gasteiger partial charge on any atom is 0.262 e. The van der Waals surface area contributed by atoms with Gasteiger partial charge < -0.3 is 0 Å². The Balaban J connectivity index is 1.20. The number of rotatable bonds is 32. The summed E-state index contributed by atoms with van der Waals surface area (Å²) < 4.78 is 0. The van der Waals surface area contributed by atoms with Crippen molar-refractivity contribution in [3.05, 3.63) is 115 Å². The van der Waals surface area contributed by atoms with Gasteiger partial charge in [0.15, 0.2) is 0 Å². The number of hydrogen-bond donors (Lipinski definition) is 0. The summed E-state index contributed by atoms with van der Waals surface area (Å²) in [6.45, 7) is 12.3. The minimum atomic E-state index is -0.806. The van der Waals surface area contributed by atoms with Gasteiger partial charge in [0.1, 0.15) is 0 Å². The molecule has 6 aromatic carbocycles. The zero-order valence-electron chi connectivity index (χ0n) is 56.4. The molecule has 0 fully saturated rings. The van der Waals surface area contributed by atoms with Crippen molar-refractivity contribution in [2.24, 2.45) is 0 Å². The third-order valence-corrected chi connectivity index (χ3v) is 20.6. The van der Waals surface area contributed by atoms with E-state index in [1.807, 2.05) is 27.7 Å². The van der Waals surface area contributed by atoms with E-state index in [4.69, 9.17) is 0 Å². The molecule has 6 heterocycles. The fourth-order valence-electron chi connectivity index (χ4n) is 15.5. The van der Waals surface area contributed by atoms with Crippen molar-refractivity contribution in [1.82, 2.24) is 29.4 Å². The van der Waals surface area contributed by atoms with Gasteiger partial charge in [0.2, 0.25) is 0 Å². The fraction of sp³-hybridized carbons (Fsp3) is 0.462. The normalized spacial score (nSPS) is 15.7. The van der Waals surface area contributed by atoms with Crippen molar-refractivity contribution in [3.63, 3.8) is 0 Å². The first kappa shape index (κ1) is 66.9. The Morgan fingerprint density at radius 2 is 0.354 bits per heavy atom. The number of carbonyl (C=O) groups is 12. The van der Waals surface area contributed by atoms with E-state index >= 15 is 38.4 Å². The van der Waals surface area contributed by atoms with Crippen LogP contribution in [0.2, 0.25) is 0 Å². The standard InChI is InChI=1S/C78H86N6O12/c1-7-13-19-25-35-79-67(85)45-31-33-47-59-57(45)53(71(79)89)41-49(63(59)75(93)81(69(47)87)37-27-21-15-9-3)51-43-55-62-61-56(74(92)83(77(95)65(51)61)39-29-23-17-11-5)44-52(66(62)78(96)84(73(55)91)40-30-24-18-12-6)50-42-54-58-46(68(86)80(72(54)90)36-26-20-14-8-2)32-34-48-60(58)64(50)76(94)82(70(48)88)38-28-22-16-10-4/h31-34,41-44H,7-30,35-40H2,1-6H3. The van der Waals surface area contributed by atoms with Crippen LogP contribution in [0.25, 0.3) is 54.6 Å². The molecule has 12 amide bonds. The summed E-state index contributed by atoms with van der Waals surface area (Å²) in [6.07, 6.45) is 17.1. The predicted molar refractivity (Wildman–Crippen MR) is 367 cm³/mol. The predicted octanol–water partition coefficient (Wildman–Crippen LogP) is 15.5. The van der Waals surface area contributed by atoms with Gasteiger partial charge in [-0.2, -0.15) is 0 Å². The Kier molecular flexibility index (Phi) is 19.5. The van der Waals surface area contributed by atoms with E-state index in [2.05, 4.69) is 13.8 Å². The lowest BCUT2D eigenvalue weighted by atomic mass is 9.75. The number of amides is 12. The van der Waals surface area contributed by atoms with Crippen molar-refractivity contribution in [2.45, 2.75) is 196 Å². The molecule has 0 radical (unpaired) electrons. The van der Waals surface area contributed by atoms with Gasteiger partial charge in [-0.15, -0.1) is 0 Å². The first-order chi connectivity index (χ1) is 46.5. The molecule has 0 atom stereocenters. The lowest BCUT2D eigenvalue weighted by Crippen LogP contribution is -2.45. The average molecular weight is 1300 g/mol. The Morgan fingerprint density at radius 3 is 0.562 bits per heavy atom. The quantitative estimate of drug-likeness (QED) is 0.0284. The molecule has 6 aliphatic heterocycles. The van der Waals surface area contributed by atoms with Gasteiger partial charge in [0.05, 0.1) is 22.3 Å². The van der Waals surface area contributed by atoms with Crippen LogP contribution in [0, 0.1) is 0 Å². The van der Waals surface area contributed by atoms with Gasteiger partial charge in [0.25, 0.3) is 70.9 Å². The first-order valence-electron chi connectivity index (χ1n) is 35.7. The second-order valence-corrected chi connectivity index (χ2v) is 26.9. The van der Waals surface area contributed by atoms with Gasteiger partial charge >= 0.3 is 0 Å². The lowest BCUT2D eigenvalue weighted by molar-refractivity contribution is 0.0585. The summed E-state index contributed by atoms with van der Waals surface area (Å²) in [5.41, 5.74) is -0.460. The van der Waals surface area contributed by atoms with E-state index in [0.29, 0.717) is 64.2 Å². The Labute approximate surface area is 560 Å². The molecule has 6 aromatic rings. The molecule has 12 rings (SSSR count). The molecule has 0 unspecified atom stereocenters. The fourth-order valence-corrected chi connectivity index (χ4v) is 15.5. The Bertz CT molecular complexity index is 4090. The SMILES string of the molecule is CCCCCCN1C(=O)c2ccc3c4c(c(-c5cc6c7c(c(-c8cc9c%10c(ccc%11c%10c8C(=O)N(CCCCCC)C%11=O)C(=O)N(CCCCCC)C9=O)cc8c7c5C(=O)N(CCCCCC)C8=O)C(=O)N(CCCCCC)C6=O)cc(c24)C1=O)C(=O)N(CCCCCC)C3=O. The van der Waals surface area contributed by atoms with Crippen molar-refractivity contribution >= 4 is 103 Å².